The molecule has 0 amide bonds. The topological polar surface area (TPSA) is 133 Å². The Morgan fingerprint density at radius 3 is 2.00 bits per heavy atom. The number of hydrogen-bond donors (Lipinski definition) is 0. The van der Waals surface area contributed by atoms with Crippen LogP contribution in [0.15, 0.2) is 18.2 Å². The normalized spacial score (nSPS) is 24.2. The Morgan fingerprint density at radius 1 is 0.909 bits per heavy atom. The van der Waals surface area contributed by atoms with Gasteiger partial charge in [-0.3, -0.25) is 14.4 Å². The second-order valence-corrected chi connectivity index (χ2v) is 7.46. The van der Waals surface area contributed by atoms with Crippen LogP contribution in [0, 0.1) is 0 Å². The van der Waals surface area contributed by atoms with E-state index in [2.05, 4.69) is 15.9 Å². The summed E-state index contributed by atoms with van der Waals surface area (Å²) in [6.45, 7) is 3.33. The first kappa shape index (κ1) is 26.4. The van der Waals surface area contributed by atoms with Crippen molar-refractivity contribution in [3.8, 4) is 11.5 Å². The minimum atomic E-state index is -1.54. The lowest BCUT2D eigenvalue weighted by atomic mass is 9.97. The predicted octanol–water partition coefficient (Wildman–Crippen LogP) is 1.66. The Hall–Kier alpha value is -2.86. The smallest absolute Gasteiger partial charge is 0.339 e. The SMILES string of the molecule is COC(=O)[C@H]1O[C@@H](Oc2ccc(CBr)c(OC)c2)[C@H](OC(C)=O)[C@@H](OC(C)=O)[C@@H]1OC(C)=O. The van der Waals surface area contributed by atoms with Crippen LogP contribution in [0.1, 0.15) is 26.3 Å². The number of methoxy groups -OCH3 is 2. The van der Waals surface area contributed by atoms with Crippen molar-refractivity contribution >= 4 is 39.8 Å². The molecule has 0 unspecified atom stereocenters. The van der Waals surface area contributed by atoms with Crippen LogP contribution < -0.4 is 9.47 Å². The molecule has 0 N–H and O–H groups in total. The van der Waals surface area contributed by atoms with Gasteiger partial charge in [0.25, 0.3) is 0 Å². The third-order valence-electron chi connectivity index (χ3n) is 4.49. The Bertz CT molecular complexity index is 887. The molecule has 11 nitrogen and oxygen atoms in total. The molecule has 0 aliphatic carbocycles. The average Bonchev–Trinajstić information content (AvgIpc) is 2.75. The fraction of sp³-hybridized carbons (Fsp3) is 0.524. The molecule has 1 aromatic rings. The van der Waals surface area contributed by atoms with Crippen LogP contribution in [-0.2, 0) is 48.2 Å². The van der Waals surface area contributed by atoms with Gasteiger partial charge in [-0.25, -0.2) is 4.79 Å². The zero-order chi connectivity index (χ0) is 24.7. The fourth-order valence-corrected chi connectivity index (χ4v) is 3.68. The number of carbonyl (C=O) groups excluding carboxylic acids is 4. The molecular formula is C21H25BrO11. The van der Waals surface area contributed by atoms with Gasteiger partial charge in [-0.1, -0.05) is 22.0 Å². The van der Waals surface area contributed by atoms with Gasteiger partial charge in [-0.15, -0.1) is 0 Å². The highest BCUT2D eigenvalue weighted by molar-refractivity contribution is 9.08. The van der Waals surface area contributed by atoms with Gasteiger partial charge in [-0.2, -0.15) is 0 Å². The summed E-state index contributed by atoms with van der Waals surface area (Å²) >= 11 is 3.35. The highest BCUT2D eigenvalue weighted by Gasteiger charge is 2.55. The van der Waals surface area contributed by atoms with Crippen molar-refractivity contribution in [3.05, 3.63) is 23.8 Å². The van der Waals surface area contributed by atoms with Gasteiger partial charge in [0.1, 0.15) is 11.5 Å². The predicted molar refractivity (Wildman–Crippen MR) is 114 cm³/mol. The molecule has 0 aromatic heterocycles. The number of carbonyl (C=O) groups is 4. The lowest BCUT2D eigenvalue weighted by molar-refractivity contribution is -0.282. The molecule has 182 valence electrons. The molecule has 33 heavy (non-hydrogen) atoms. The van der Waals surface area contributed by atoms with Gasteiger partial charge in [0.05, 0.1) is 14.2 Å². The summed E-state index contributed by atoms with van der Waals surface area (Å²) in [5.74, 6) is -2.48. The van der Waals surface area contributed by atoms with Crippen molar-refractivity contribution < 1.29 is 52.3 Å². The van der Waals surface area contributed by atoms with Crippen LogP contribution in [0.4, 0.5) is 0 Å². The molecule has 1 aliphatic heterocycles. The Labute approximate surface area is 198 Å². The van der Waals surface area contributed by atoms with E-state index in [0.29, 0.717) is 11.1 Å². The maximum atomic E-state index is 12.4. The molecular weight excluding hydrogens is 508 g/mol. The number of hydrogen-bond acceptors (Lipinski definition) is 11. The second-order valence-electron chi connectivity index (χ2n) is 6.90. The number of alkyl halides is 1. The van der Waals surface area contributed by atoms with Crippen molar-refractivity contribution in [3.63, 3.8) is 0 Å². The van der Waals surface area contributed by atoms with Crippen molar-refractivity contribution in [1.82, 2.24) is 0 Å². The van der Waals surface area contributed by atoms with Gasteiger partial charge < -0.3 is 33.2 Å². The highest BCUT2D eigenvalue weighted by Crippen LogP contribution is 2.33. The highest BCUT2D eigenvalue weighted by atomic mass is 79.9. The number of esters is 4. The summed E-state index contributed by atoms with van der Waals surface area (Å²) < 4.78 is 37.5. The van der Waals surface area contributed by atoms with Crippen molar-refractivity contribution in [1.29, 1.82) is 0 Å². The van der Waals surface area contributed by atoms with Crippen LogP contribution in [0.5, 0.6) is 11.5 Å². The maximum absolute atomic E-state index is 12.4. The molecule has 0 saturated carbocycles. The first-order chi connectivity index (χ1) is 15.6. The number of benzene rings is 1. The summed E-state index contributed by atoms with van der Waals surface area (Å²) in [6.07, 6.45) is -7.26. The van der Waals surface area contributed by atoms with Crippen LogP contribution in [0.2, 0.25) is 0 Å². The second kappa shape index (κ2) is 11.8. The number of rotatable bonds is 8. The van der Waals surface area contributed by atoms with E-state index in [1.165, 1.54) is 7.11 Å². The molecule has 1 aliphatic rings. The molecule has 1 heterocycles. The molecule has 1 aromatic carbocycles. The van der Waals surface area contributed by atoms with Gasteiger partial charge in [0.15, 0.2) is 18.3 Å². The minimum Gasteiger partial charge on any atom is -0.496 e. The van der Waals surface area contributed by atoms with Crippen LogP contribution in [-0.4, -0.2) is 68.8 Å². The molecule has 0 spiro atoms. The third-order valence-corrected chi connectivity index (χ3v) is 5.09. The van der Waals surface area contributed by atoms with Crippen molar-refractivity contribution in [2.24, 2.45) is 0 Å². The zero-order valence-electron chi connectivity index (χ0n) is 18.7. The van der Waals surface area contributed by atoms with E-state index in [1.807, 2.05) is 0 Å². The molecule has 0 radical (unpaired) electrons. The summed E-state index contributed by atoms with van der Waals surface area (Å²) in [7, 11) is 2.59. The average molecular weight is 533 g/mol. The largest absolute Gasteiger partial charge is 0.496 e. The van der Waals surface area contributed by atoms with E-state index < -0.39 is 54.6 Å². The van der Waals surface area contributed by atoms with Crippen LogP contribution in [0.25, 0.3) is 0 Å². The van der Waals surface area contributed by atoms with E-state index in [4.69, 9.17) is 33.2 Å². The van der Waals surface area contributed by atoms with Gasteiger partial charge >= 0.3 is 23.9 Å². The first-order valence-electron chi connectivity index (χ1n) is 9.75. The third kappa shape index (κ3) is 6.81. The van der Waals surface area contributed by atoms with Crippen molar-refractivity contribution in [2.45, 2.75) is 56.8 Å². The number of halogens is 1. The van der Waals surface area contributed by atoms with Gasteiger partial charge in [0, 0.05) is 37.7 Å². The molecule has 5 atom stereocenters. The van der Waals surface area contributed by atoms with Gasteiger partial charge in [0.2, 0.25) is 12.4 Å². The van der Waals surface area contributed by atoms with E-state index in [1.54, 1.807) is 18.2 Å². The van der Waals surface area contributed by atoms with E-state index in [0.717, 1.165) is 33.4 Å². The van der Waals surface area contributed by atoms with E-state index in [-0.39, 0.29) is 5.75 Å². The molecule has 0 bridgehead atoms. The lowest BCUT2D eigenvalue weighted by Crippen LogP contribution is -2.64. The Morgan fingerprint density at radius 2 is 1.48 bits per heavy atom. The molecule has 2 rings (SSSR count). The van der Waals surface area contributed by atoms with E-state index in [9.17, 15) is 19.2 Å². The van der Waals surface area contributed by atoms with Crippen LogP contribution in [0.3, 0.4) is 0 Å². The van der Waals surface area contributed by atoms with Crippen molar-refractivity contribution in [2.75, 3.05) is 14.2 Å². The quantitative estimate of drug-likeness (QED) is 0.275. The van der Waals surface area contributed by atoms with E-state index >= 15 is 0 Å². The summed E-state index contributed by atoms with van der Waals surface area (Å²) in [4.78, 5) is 47.8. The fourth-order valence-electron chi connectivity index (χ4n) is 3.22. The molecule has 1 saturated heterocycles. The van der Waals surface area contributed by atoms with Crippen LogP contribution >= 0.6 is 15.9 Å². The molecule has 1 fully saturated rings. The standard InChI is InChI=1S/C21H25BrO11/c1-10(23)29-16-17(30-11(2)24)19(31-12(3)25)21(33-18(16)20(26)28-5)32-14-7-6-13(9-22)15(8-14)27-4/h6-8,16-19,21H,9H2,1-5H3/t16-,17-,18-,19+,21+/m0/s1. The first-order valence-corrected chi connectivity index (χ1v) is 10.9. The summed E-state index contributed by atoms with van der Waals surface area (Å²) in [5, 5.41) is 0.523. The van der Waals surface area contributed by atoms with Gasteiger partial charge in [-0.05, 0) is 6.07 Å². The molecule has 12 heteroatoms. The Balaban J connectivity index is 2.51. The monoisotopic (exact) mass is 532 g/mol. The summed E-state index contributed by atoms with van der Waals surface area (Å²) in [6, 6.07) is 4.91. The minimum absolute atomic E-state index is 0.245. The summed E-state index contributed by atoms with van der Waals surface area (Å²) in [5.41, 5.74) is 0.839. The maximum Gasteiger partial charge on any atom is 0.339 e. The number of ether oxygens (including phenoxy) is 7. The zero-order valence-corrected chi connectivity index (χ0v) is 20.3. The Kier molecular flexibility index (Phi) is 9.47. The lowest BCUT2D eigenvalue weighted by Gasteiger charge is -2.43.